The van der Waals surface area contributed by atoms with Gasteiger partial charge in [0.05, 0.1) is 14.2 Å². The lowest BCUT2D eigenvalue weighted by molar-refractivity contribution is -0.188. The maximum Gasteiger partial charge on any atom is 0.407 e. The van der Waals surface area contributed by atoms with E-state index in [1.807, 2.05) is 108 Å². The van der Waals surface area contributed by atoms with Gasteiger partial charge in [0.1, 0.15) is 24.2 Å². The number of alkyl carbamates (subject to hydrolysis) is 1. The van der Waals surface area contributed by atoms with Crippen LogP contribution in [0.5, 0.6) is 0 Å². The highest BCUT2D eigenvalue weighted by molar-refractivity contribution is 5.99. The standard InChI is InChI=1S/C46H61N7O8/c1-45(2,3)38(47-30-61-60-8)42(56)52-26-12-16-36(52)40(54)48-33-22-18-31(19-23-33)28-51(35-14-10-9-11-15-35)29-32-20-24-34(25-21-32)49-41(55)37-17-13-27-53(37)43(57)39(46(4,5)6)50-44(58)59-7/h9-11,14-15,18-25,30,36-39H,12-13,16-17,26-29H2,1-8H3,(H,48,54)(H,49,55)(H,50,58)/t36-,37-,38+,39+/m0/s1. The summed E-state index contributed by atoms with van der Waals surface area (Å²) in [6, 6.07) is 22.5. The van der Waals surface area contributed by atoms with Crippen LogP contribution in [0.15, 0.2) is 83.9 Å². The van der Waals surface area contributed by atoms with Gasteiger partial charge in [-0.1, -0.05) is 84.0 Å². The third-order valence-electron chi connectivity index (χ3n) is 11.0. The Morgan fingerprint density at radius 1 is 0.721 bits per heavy atom. The van der Waals surface area contributed by atoms with Gasteiger partial charge >= 0.3 is 6.09 Å². The minimum Gasteiger partial charge on any atom is -0.453 e. The molecule has 0 radical (unpaired) electrons. The minimum absolute atomic E-state index is 0.234. The SMILES string of the molecule is COOC=N[C@H](C(=O)N1CCC[C@H]1C(=O)Nc1ccc(CN(Cc2ccc(NC(=O)[C@@H]3CCCN3C(=O)[C@@H](NC(=O)OC)C(C)(C)C)cc2)c2ccccc2)cc1)C(C)(C)C. The van der Waals surface area contributed by atoms with Gasteiger partial charge < -0.3 is 40.3 Å². The van der Waals surface area contributed by atoms with Gasteiger partial charge in [0.2, 0.25) is 30.0 Å². The van der Waals surface area contributed by atoms with Gasteiger partial charge in [-0.25, -0.2) is 9.79 Å². The summed E-state index contributed by atoms with van der Waals surface area (Å²) in [7, 11) is 2.61. The van der Waals surface area contributed by atoms with E-state index >= 15 is 0 Å². The topological polar surface area (TPSA) is 171 Å². The highest BCUT2D eigenvalue weighted by atomic mass is 17.2. The van der Waals surface area contributed by atoms with Crippen LogP contribution in [0.1, 0.15) is 78.4 Å². The Morgan fingerprint density at radius 3 is 1.66 bits per heavy atom. The highest BCUT2D eigenvalue weighted by Gasteiger charge is 2.43. The Labute approximate surface area is 359 Å². The fourth-order valence-corrected chi connectivity index (χ4v) is 7.70. The quantitative estimate of drug-likeness (QED) is 0.0665. The smallest absolute Gasteiger partial charge is 0.407 e. The average Bonchev–Trinajstić information content (AvgIpc) is 3.93. The summed E-state index contributed by atoms with van der Waals surface area (Å²) in [5.41, 5.74) is 3.21. The molecule has 0 spiro atoms. The fraction of sp³-hybridized carbons (Fsp3) is 0.478. The molecular formula is C46H61N7O8. The number of amides is 5. The second-order valence-electron chi connectivity index (χ2n) is 17.7. The van der Waals surface area contributed by atoms with Crippen LogP contribution in [0.2, 0.25) is 0 Å². The number of ether oxygens (including phenoxy) is 1. The van der Waals surface area contributed by atoms with Crippen molar-refractivity contribution in [3.8, 4) is 0 Å². The third kappa shape index (κ3) is 12.3. The van der Waals surface area contributed by atoms with Crippen LogP contribution in [0.4, 0.5) is 21.9 Å². The average molecular weight is 840 g/mol. The zero-order valence-corrected chi connectivity index (χ0v) is 36.6. The molecule has 3 aromatic rings. The lowest BCUT2D eigenvalue weighted by Crippen LogP contribution is -2.57. The molecule has 4 atom stereocenters. The molecule has 2 heterocycles. The van der Waals surface area contributed by atoms with Gasteiger partial charge in [0.25, 0.3) is 0 Å². The molecule has 2 saturated heterocycles. The summed E-state index contributed by atoms with van der Waals surface area (Å²) in [5.74, 6) is -1.08. The van der Waals surface area contributed by atoms with Gasteiger partial charge in [-0.15, -0.1) is 0 Å². The number of likely N-dealkylation sites (tertiary alicyclic amines) is 2. The van der Waals surface area contributed by atoms with Gasteiger partial charge in [-0.05, 0) is 84.0 Å². The number of hydrogen-bond donors (Lipinski definition) is 3. The van der Waals surface area contributed by atoms with Crippen LogP contribution in [0.25, 0.3) is 0 Å². The maximum absolute atomic E-state index is 13.7. The van der Waals surface area contributed by atoms with Crippen LogP contribution < -0.4 is 20.9 Å². The van der Waals surface area contributed by atoms with Crippen molar-refractivity contribution in [2.75, 3.05) is 42.8 Å². The maximum atomic E-state index is 13.7. The summed E-state index contributed by atoms with van der Waals surface area (Å²) in [5, 5.41) is 8.66. The Kier molecular flexibility index (Phi) is 15.5. The molecule has 15 nitrogen and oxygen atoms in total. The number of carbonyl (C=O) groups excluding carboxylic acids is 5. The predicted octanol–water partition coefficient (Wildman–Crippen LogP) is 6.54. The molecule has 3 N–H and O–H groups in total. The van der Waals surface area contributed by atoms with E-state index in [2.05, 4.69) is 42.9 Å². The number of hydrogen-bond acceptors (Lipinski definition) is 10. The molecule has 2 aliphatic rings. The molecule has 0 saturated carbocycles. The monoisotopic (exact) mass is 839 g/mol. The summed E-state index contributed by atoms with van der Waals surface area (Å²) < 4.78 is 4.76. The van der Waals surface area contributed by atoms with Crippen molar-refractivity contribution in [3.05, 3.63) is 90.0 Å². The van der Waals surface area contributed by atoms with Crippen LogP contribution in [0, 0.1) is 10.8 Å². The molecular weight excluding hydrogens is 779 g/mol. The number of nitrogens with zero attached hydrogens (tertiary/aromatic N) is 4. The number of methoxy groups -OCH3 is 1. The van der Waals surface area contributed by atoms with Gasteiger partial charge in [0, 0.05) is 43.2 Å². The summed E-state index contributed by atoms with van der Waals surface area (Å²) in [6.07, 6.45) is 2.88. The number of benzene rings is 3. The van der Waals surface area contributed by atoms with Crippen molar-refractivity contribution in [2.45, 2.75) is 104 Å². The molecule has 0 unspecified atom stereocenters. The molecule has 0 aliphatic carbocycles. The molecule has 3 aromatic carbocycles. The summed E-state index contributed by atoms with van der Waals surface area (Å²) >= 11 is 0. The largest absolute Gasteiger partial charge is 0.453 e. The van der Waals surface area contributed by atoms with Crippen molar-refractivity contribution in [3.63, 3.8) is 0 Å². The first-order chi connectivity index (χ1) is 29.0. The predicted molar refractivity (Wildman–Crippen MR) is 235 cm³/mol. The third-order valence-corrected chi connectivity index (χ3v) is 11.0. The molecule has 328 valence electrons. The Balaban J connectivity index is 1.21. The summed E-state index contributed by atoms with van der Waals surface area (Å²) in [6.45, 7) is 13.4. The first kappa shape index (κ1) is 46.1. The second-order valence-corrected chi connectivity index (χ2v) is 17.7. The van der Waals surface area contributed by atoms with Gasteiger partial charge in [-0.3, -0.25) is 19.2 Å². The van der Waals surface area contributed by atoms with Crippen molar-refractivity contribution in [1.29, 1.82) is 0 Å². The van der Waals surface area contributed by atoms with E-state index in [0.29, 0.717) is 63.2 Å². The number of carbonyl (C=O) groups is 5. The number of rotatable bonds is 15. The number of para-hydroxylation sites is 1. The Hall–Kier alpha value is -5.96. The van der Waals surface area contributed by atoms with Gasteiger partial charge in [0.15, 0.2) is 0 Å². The number of anilines is 3. The van der Waals surface area contributed by atoms with E-state index in [1.165, 1.54) is 14.2 Å². The van der Waals surface area contributed by atoms with Crippen molar-refractivity contribution < 1.29 is 38.5 Å². The Bertz CT molecular complexity index is 1990. The van der Waals surface area contributed by atoms with E-state index in [4.69, 9.17) is 9.62 Å². The van der Waals surface area contributed by atoms with Crippen molar-refractivity contribution >= 4 is 53.2 Å². The highest BCUT2D eigenvalue weighted by Crippen LogP contribution is 2.30. The van der Waals surface area contributed by atoms with Crippen LogP contribution in [-0.4, -0.2) is 97.4 Å². The van der Waals surface area contributed by atoms with E-state index in [9.17, 15) is 24.0 Å². The fourth-order valence-electron chi connectivity index (χ4n) is 7.70. The van der Waals surface area contributed by atoms with Crippen molar-refractivity contribution in [2.24, 2.45) is 15.8 Å². The molecule has 15 heteroatoms. The molecule has 61 heavy (non-hydrogen) atoms. The first-order valence-electron chi connectivity index (χ1n) is 20.8. The van der Waals surface area contributed by atoms with Crippen molar-refractivity contribution in [1.82, 2.24) is 15.1 Å². The Morgan fingerprint density at radius 2 is 1.21 bits per heavy atom. The molecule has 0 bridgehead atoms. The van der Waals surface area contributed by atoms with Gasteiger partial charge in [-0.2, -0.15) is 4.89 Å². The van der Waals surface area contributed by atoms with E-state index in [-0.39, 0.29) is 23.6 Å². The van der Waals surface area contributed by atoms with Crippen LogP contribution >= 0.6 is 0 Å². The second kappa shape index (κ2) is 20.5. The molecule has 2 fully saturated rings. The minimum atomic E-state index is -0.859. The molecule has 5 amide bonds. The summed E-state index contributed by atoms with van der Waals surface area (Å²) in [4.78, 5) is 85.6. The lowest BCUT2D eigenvalue weighted by Gasteiger charge is -2.35. The first-order valence-corrected chi connectivity index (χ1v) is 20.8. The zero-order chi connectivity index (χ0) is 44.3. The molecule has 5 rings (SSSR count). The van der Waals surface area contributed by atoms with E-state index in [0.717, 1.165) is 23.2 Å². The van der Waals surface area contributed by atoms with E-state index < -0.39 is 41.1 Å². The van der Waals surface area contributed by atoms with E-state index in [1.54, 1.807) is 9.80 Å². The van der Waals surface area contributed by atoms with Crippen LogP contribution in [-0.2, 0) is 46.8 Å². The number of nitrogens with one attached hydrogen (secondary N) is 3. The molecule has 2 aliphatic heterocycles. The normalized spacial score (nSPS) is 17.7. The zero-order valence-electron chi connectivity index (χ0n) is 36.6. The lowest BCUT2D eigenvalue weighted by atomic mass is 9.85. The number of aliphatic imine (C=N–C) groups is 1. The van der Waals surface area contributed by atoms with Crippen LogP contribution in [0.3, 0.4) is 0 Å². The molecule has 0 aromatic heterocycles.